The van der Waals surface area contributed by atoms with Gasteiger partial charge in [0.05, 0.1) is 5.52 Å². The number of benzene rings is 2. The van der Waals surface area contributed by atoms with Crippen LogP contribution in [0, 0.1) is 0 Å². The number of carbonyl (C=O) groups excluding carboxylic acids is 1. The van der Waals surface area contributed by atoms with Crippen molar-refractivity contribution in [2.24, 2.45) is 10.2 Å². The Morgan fingerprint density at radius 2 is 1.87 bits per heavy atom. The number of para-hydroxylation sites is 2. The van der Waals surface area contributed by atoms with Crippen LogP contribution >= 0.6 is 0 Å². The number of azo groups is 1. The fraction of sp³-hybridized carbons (Fsp3) is 0.118. The molecule has 1 amide bonds. The third kappa shape index (κ3) is 2.55. The van der Waals surface area contributed by atoms with Gasteiger partial charge in [0.2, 0.25) is 5.88 Å². The quantitative estimate of drug-likeness (QED) is 0.752. The van der Waals surface area contributed by atoms with Crippen molar-refractivity contribution < 1.29 is 15.0 Å². The number of aryl methyl sites for hydroxylation is 1. The Balaban J connectivity index is 2.03. The molecular formula is C17H14N3O3-. The van der Waals surface area contributed by atoms with Gasteiger partial charge >= 0.3 is 0 Å². The van der Waals surface area contributed by atoms with E-state index in [1.54, 1.807) is 22.8 Å². The average Bonchev–Trinajstić information content (AvgIpc) is 2.84. The lowest BCUT2D eigenvalue weighted by molar-refractivity contribution is -0.268. The lowest BCUT2D eigenvalue weighted by Gasteiger charge is -2.08. The van der Waals surface area contributed by atoms with Gasteiger partial charge in [-0.2, -0.15) is 0 Å². The van der Waals surface area contributed by atoms with E-state index in [9.17, 15) is 15.0 Å². The number of amides is 1. The third-order valence-corrected chi connectivity index (χ3v) is 3.59. The molecule has 6 nitrogen and oxygen atoms in total. The highest BCUT2D eigenvalue weighted by molar-refractivity contribution is 5.98. The summed E-state index contributed by atoms with van der Waals surface area (Å²) in [4.78, 5) is 12.0. The van der Waals surface area contributed by atoms with Crippen LogP contribution in [0.4, 0.5) is 5.69 Å². The van der Waals surface area contributed by atoms with Gasteiger partial charge in [-0.1, -0.05) is 42.1 Å². The molecule has 3 aromatic rings. The van der Waals surface area contributed by atoms with Crippen LogP contribution in [0.15, 0.2) is 58.8 Å². The zero-order valence-electron chi connectivity index (χ0n) is 12.4. The number of carbonyl (C=O) groups is 1. The highest BCUT2D eigenvalue weighted by atomic mass is 16.3. The maximum absolute atomic E-state index is 12.0. The Bertz CT molecular complexity index is 913. The van der Waals surface area contributed by atoms with Gasteiger partial charge in [0.15, 0.2) is 5.69 Å². The maximum Gasteiger partial charge on any atom is 0.294 e. The van der Waals surface area contributed by atoms with Gasteiger partial charge in [-0.25, -0.2) is 0 Å². The Labute approximate surface area is 132 Å². The van der Waals surface area contributed by atoms with Crippen molar-refractivity contribution in [2.45, 2.75) is 13.5 Å². The first-order chi connectivity index (χ1) is 11.1. The number of hydrogen-bond acceptors (Lipinski definition) is 4. The van der Waals surface area contributed by atoms with E-state index in [-0.39, 0.29) is 17.1 Å². The average molecular weight is 308 g/mol. The number of fused-ring (bicyclic) bond motifs is 1. The van der Waals surface area contributed by atoms with Gasteiger partial charge < -0.3 is 14.8 Å². The molecule has 116 valence electrons. The molecule has 1 aromatic heterocycles. The smallest absolute Gasteiger partial charge is 0.294 e. The van der Waals surface area contributed by atoms with E-state index in [2.05, 4.69) is 10.2 Å². The van der Waals surface area contributed by atoms with E-state index in [0.29, 0.717) is 11.9 Å². The topological polar surface area (TPSA) is 90.0 Å². The van der Waals surface area contributed by atoms with Crippen molar-refractivity contribution in [2.75, 3.05) is 0 Å². The lowest BCUT2D eigenvalue weighted by atomic mass is 10.2. The molecule has 0 bridgehead atoms. The van der Waals surface area contributed by atoms with Crippen molar-refractivity contribution >= 4 is 22.5 Å². The van der Waals surface area contributed by atoms with E-state index in [4.69, 9.17) is 0 Å². The molecule has 0 spiro atoms. The van der Waals surface area contributed by atoms with Gasteiger partial charge in [-0.3, -0.25) is 4.79 Å². The molecule has 1 N–H and O–H groups in total. The summed E-state index contributed by atoms with van der Waals surface area (Å²) in [5.41, 5.74) is 0.979. The van der Waals surface area contributed by atoms with Crippen LogP contribution < -0.4 is 5.11 Å². The normalized spacial score (nSPS) is 11.3. The van der Waals surface area contributed by atoms with Crippen LogP contribution in [-0.2, 0) is 6.54 Å². The van der Waals surface area contributed by atoms with Crippen molar-refractivity contribution in [1.82, 2.24) is 4.57 Å². The van der Waals surface area contributed by atoms with Gasteiger partial charge in [0.25, 0.3) is 5.91 Å². The Morgan fingerprint density at radius 1 is 1.17 bits per heavy atom. The first kappa shape index (κ1) is 14.8. The standard InChI is InChI=1S/C17H15N3O3/c1-2-20-13-9-5-3-7-11(13)15(17(20)23)18-19-16(22)12-8-4-6-10-14(12)21/h3-10,21,23H,2H2,1H3/p-1. The molecule has 0 aliphatic heterocycles. The molecule has 0 saturated heterocycles. The molecule has 3 rings (SSSR count). The fourth-order valence-corrected chi connectivity index (χ4v) is 2.48. The van der Waals surface area contributed by atoms with Crippen LogP contribution in [0.3, 0.4) is 0 Å². The molecular weight excluding hydrogens is 294 g/mol. The Hall–Kier alpha value is -3.15. The van der Waals surface area contributed by atoms with Crippen molar-refractivity contribution in [1.29, 1.82) is 0 Å². The van der Waals surface area contributed by atoms with E-state index in [1.165, 1.54) is 12.1 Å². The molecule has 0 unspecified atom stereocenters. The summed E-state index contributed by atoms with van der Waals surface area (Å²) in [6.45, 7) is 2.45. The van der Waals surface area contributed by atoms with E-state index < -0.39 is 11.7 Å². The van der Waals surface area contributed by atoms with Crippen LogP contribution in [0.2, 0.25) is 0 Å². The molecule has 0 atom stereocenters. The molecule has 0 saturated carbocycles. The number of rotatable bonds is 3. The van der Waals surface area contributed by atoms with Crippen LogP contribution in [0.5, 0.6) is 11.6 Å². The van der Waals surface area contributed by atoms with Crippen molar-refractivity contribution in [3.05, 3.63) is 54.1 Å². The summed E-state index contributed by atoms with van der Waals surface area (Å²) >= 11 is 0. The van der Waals surface area contributed by atoms with Gasteiger partial charge in [0.1, 0.15) is 0 Å². The lowest BCUT2D eigenvalue weighted by Crippen LogP contribution is -2.01. The SMILES string of the molecule is CCn1c(O)c(N=NC(=O)c2ccccc2[O-])c2ccccc21. The number of hydrogen-bond donors (Lipinski definition) is 1. The molecule has 0 radical (unpaired) electrons. The van der Waals surface area contributed by atoms with Crippen LogP contribution in [-0.4, -0.2) is 15.6 Å². The summed E-state index contributed by atoms with van der Waals surface area (Å²) in [5.74, 6) is -1.19. The van der Waals surface area contributed by atoms with Crippen molar-refractivity contribution in [3.63, 3.8) is 0 Å². The molecule has 0 aliphatic rings. The minimum Gasteiger partial charge on any atom is -0.872 e. The number of aromatic hydroxyl groups is 1. The summed E-state index contributed by atoms with van der Waals surface area (Å²) in [5, 5.41) is 30.1. The Morgan fingerprint density at radius 3 is 2.61 bits per heavy atom. The highest BCUT2D eigenvalue weighted by Crippen LogP contribution is 2.38. The summed E-state index contributed by atoms with van der Waals surface area (Å²) < 4.78 is 1.68. The number of aromatic nitrogens is 1. The fourth-order valence-electron chi connectivity index (χ4n) is 2.48. The molecule has 23 heavy (non-hydrogen) atoms. The second-order valence-electron chi connectivity index (χ2n) is 4.93. The third-order valence-electron chi connectivity index (χ3n) is 3.59. The first-order valence-corrected chi connectivity index (χ1v) is 7.15. The monoisotopic (exact) mass is 308 g/mol. The Kier molecular flexibility index (Phi) is 3.80. The predicted molar refractivity (Wildman–Crippen MR) is 84.0 cm³/mol. The largest absolute Gasteiger partial charge is 0.872 e. The van der Waals surface area contributed by atoms with Gasteiger partial charge in [0, 0.05) is 17.5 Å². The summed E-state index contributed by atoms with van der Waals surface area (Å²) in [6.07, 6.45) is 0. The molecule has 6 heteroatoms. The first-order valence-electron chi connectivity index (χ1n) is 7.15. The van der Waals surface area contributed by atoms with Crippen LogP contribution in [0.25, 0.3) is 10.9 Å². The maximum atomic E-state index is 12.0. The highest BCUT2D eigenvalue weighted by Gasteiger charge is 2.15. The predicted octanol–water partition coefficient (Wildman–Crippen LogP) is 3.36. The zero-order chi connectivity index (χ0) is 16.4. The molecule has 0 fully saturated rings. The molecule has 1 heterocycles. The molecule has 2 aromatic carbocycles. The summed E-state index contributed by atoms with van der Waals surface area (Å²) in [6, 6.07) is 13.2. The van der Waals surface area contributed by atoms with E-state index in [1.807, 2.05) is 25.1 Å². The van der Waals surface area contributed by atoms with Gasteiger partial charge in [-0.05, 0) is 19.1 Å². The minimum atomic E-state index is -0.733. The van der Waals surface area contributed by atoms with Crippen LogP contribution in [0.1, 0.15) is 17.3 Å². The minimum absolute atomic E-state index is 0.0463. The van der Waals surface area contributed by atoms with E-state index >= 15 is 0 Å². The summed E-state index contributed by atoms with van der Waals surface area (Å²) in [7, 11) is 0. The molecule has 0 aliphatic carbocycles. The van der Waals surface area contributed by atoms with E-state index in [0.717, 1.165) is 5.52 Å². The second-order valence-corrected chi connectivity index (χ2v) is 4.93. The van der Waals surface area contributed by atoms with Crippen molar-refractivity contribution in [3.8, 4) is 11.6 Å². The zero-order valence-corrected chi connectivity index (χ0v) is 12.4. The second kappa shape index (κ2) is 5.92. The number of nitrogens with zero attached hydrogens (tertiary/aromatic N) is 3. The van der Waals surface area contributed by atoms with Gasteiger partial charge in [-0.15, -0.1) is 10.2 Å².